The molecule has 3 heteroatoms. The second-order valence-corrected chi connectivity index (χ2v) is 3.99. The Labute approximate surface area is 95.5 Å². The summed E-state index contributed by atoms with van der Waals surface area (Å²) in [7, 11) is 2.00. The van der Waals surface area contributed by atoms with Crippen molar-refractivity contribution in [3.63, 3.8) is 0 Å². The Morgan fingerprint density at radius 1 is 1.25 bits per heavy atom. The Hall–Kier alpha value is -1.90. The zero-order valence-corrected chi connectivity index (χ0v) is 9.60. The normalized spacial score (nSPS) is 10.4. The van der Waals surface area contributed by atoms with E-state index < -0.39 is 0 Å². The minimum atomic E-state index is 0.790. The van der Waals surface area contributed by atoms with Crippen molar-refractivity contribution in [2.45, 2.75) is 13.5 Å². The molecule has 0 aliphatic heterocycles. The van der Waals surface area contributed by atoms with Crippen molar-refractivity contribution < 1.29 is 4.42 Å². The van der Waals surface area contributed by atoms with E-state index in [1.165, 1.54) is 5.56 Å². The number of nitrogen functional groups attached to an aromatic ring is 1. The summed E-state index contributed by atoms with van der Waals surface area (Å²) >= 11 is 0. The van der Waals surface area contributed by atoms with Gasteiger partial charge in [-0.1, -0.05) is 12.1 Å². The second kappa shape index (κ2) is 4.31. The molecule has 2 N–H and O–H groups in total. The van der Waals surface area contributed by atoms with Crippen LogP contribution in [0.4, 0.5) is 11.6 Å². The van der Waals surface area contributed by atoms with E-state index in [0.717, 1.165) is 23.9 Å². The van der Waals surface area contributed by atoms with Crippen molar-refractivity contribution in [2.75, 3.05) is 17.7 Å². The van der Waals surface area contributed by atoms with Crippen LogP contribution in [0.15, 0.2) is 40.8 Å². The molecular weight excluding hydrogens is 200 g/mol. The number of hydrogen-bond donors (Lipinski definition) is 1. The average Bonchev–Trinajstić information content (AvgIpc) is 2.65. The summed E-state index contributed by atoms with van der Waals surface area (Å²) in [5, 5.41) is 0. The molecule has 2 rings (SSSR count). The van der Waals surface area contributed by atoms with E-state index in [-0.39, 0.29) is 0 Å². The number of nitrogens with zero attached hydrogens (tertiary/aromatic N) is 1. The van der Waals surface area contributed by atoms with Gasteiger partial charge in [-0.3, -0.25) is 0 Å². The quantitative estimate of drug-likeness (QED) is 0.802. The fourth-order valence-electron chi connectivity index (χ4n) is 1.67. The van der Waals surface area contributed by atoms with Crippen molar-refractivity contribution in [2.24, 2.45) is 0 Å². The third kappa shape index (κ3) is 2.37. The van der Waals surface area contributed by atoms with Crippen LogP contribution in [-0.2, 0) is 6.54 Å². The lowest BCUT2D eigenvalue weighted by atomic mass is 10.2. The molecule has 16 heavy (non-hydrogen) atoms. The van der Waals surface area contributed by atoms with Gasteiger partial charge in [-0.05, 0) is 30.7 Å². The van der Waals surface area contributed by atoms with Crippen molar-refractivity contribution in [1.29, 1.82) is 0 Å². The average molecular weight is 216 g/mol. The number of hydrogen-bond acceptors (Lipinski definition) is 3. The smallest absolute Gasteiger partial charge is 0.195 e. The van der Waals surface area contributed by atoms with Gasteiger partial charge in [-0.15, -0.1) is 0 Å². The molecule has 0 amide bonds. The van der Waals surface area contributed by atoms with Gasteiger partial charge in [0.2, 0.25) is 0 Å². The molecule has 0 unspecified atom stereocenters. The highest BCUT2D eigenvalue weighted by Crippen LogP contribution is 2.19. The SMILES string of the molecule is Cc1ccc(N(C)Cc2cccc(N)c2)o1. The minimum absolute atomic E-state index is 0.790. The van der Waals surface area contributed by atoms with Crippen molar-refractivity contribution in [1.82, 2.24) is 0 Å². The Morgan fingerprint density at radius 3 is 2.69 bits per heavy atom. The minimum Gasteiger partial charge on any atom is -0.446 e. The standard InChI is InChI=1S/C13H16N2O/c1-10-6-7-13(16-10)15(2)9-11-4-3-5-12(14)8-11/h3-8H,9,14H2,1-2H3. The highest BCUT2D eigenvalue weighted by atomic mass is 16.4. The van der Waals surface area contributed by atoms with Gasteiger partial charge in [0.15, 0.2) is 5.88 Å². The number of benzene rings is 1. The Kier molecular flexibility index (Phi) is 2.86. The lowest BCUT2D eigenvalue weighted by Crippen LogP contribution is -2.15. The first-order chi connectivity index (χ1) is 7.65. The monoisotopic (exact) mass is 216 g/mol. The van der Waals surface area contributed by atoms with Crippen molar-refractivity contribution in [3.05, 3.63) is 47.7 Å². The lowest BCUT2D eigenvalue weighted by molar-refractivity contribution is 0.525. The molecule has 0 radical (unpaired) electrons. The number of aryl methyl sites for hydroxylation is 1. The van der Waals surface area contributed by atoms with E-state index in [4.69, 9.17) is 10.2 Å². The summed E-state index contributed by atoms with van der Waals surface area (Å²) in [4.78, 5) is 2.06. The fraction of sp³-hybridized carbons (Fsp3) is 0.231. The molecule has 1 heterocycles. The maximum absolute atomic E-state index is 5.74. The van der Waals surface area contributed by atoms with Gasteiger partial charge in [0, 0.05) is 25.3 Å². The van der Waals surface area contributed by atoms with Gasteiger partial charge in [-0.2, -0.15) is 0 Å². The third-order valence-electron chi connectivity index (χ3n) is 2.47. The predicted molar refractivity (Wildman–Crippen MR) is 66.4 cm³/mol. The number of furan rings is 1. The van der Waals surface area contributed by atoms with E-state index >= 15 is 0 Å². The summed E-state index contributed by atoms with van der Waals surface area (Å²) in [6, 6.07) is 11.8. The molecule has 1 aromatic heterocycles. The van der Waals surface area contributed by atoms with E-state index in [2.05, 4.69) is 11.0 Å². The maximum Gasteiger partial charge on any atom is 0.195 e. The number of nitrogens with two attached hydrogens (primary N) is 1. The summed E-state index contributed by atoms with van der Waals surface area (Å²) in [5.41, 5.74) is 7.71. The lowest BCUT2D eigenvalue weighted by Gasteiger charge is -2.16. The van der Waals surface area contributed by atoms with Crippen molar-refractivity contribution >= 4 is 11.6 Å². The molecule has 0 saturated heterocycles. The summed E-state index contributed by atoms with van der Waals surface area (Å²) in [6.45, 7) is 2.73. The van der Waals surface area contributed by atoms with Gasteiger partial charge in [0.25, 0.3) is 0 Å². The molecule has 84 valence electrons. The first-order valence-electron chi connectivity index (χ1n) is 5.27. The van der Waals surface area contributed by atoms with Gasteiger partial charge in [-0.25, -0.2) is 0 Å². The summed E-state index contributed by atoms with van der Waals surface area (Å²) in [5.74, 6) is 1.80. The van der Waals surface area contributed by atoms with Crippen molar-refractivity contribution in [3.8, 4) is 0 Å². The first kappa shape index (κ1) is 10.6. The third-order valence-corrected chi connectivity index (χ3v) is 2.47. The molecule has 0 bridgehead atoms. The van der Waals surface area contributed by atoms with Crippen LogP contribution in [0.2, 0.25) is 0 Å². The van der Waals surface area contributed by atoms with E-state index in [1.807, 2.05) is 44.3 Å². The Bertz CT molecular complexity index is 476. The van der Waals surface area contributed by atoms with Gasteiger partial charge >= 0.3 is 0 Å². The zero-order valence-electron chi connectivity index (χ0n) is 9.60. The molecule has 0 aliphatic rings. The van der Waals surface area contributed by atoms with E-state index in [0.29, 0.717) is 0 Å². The van der Waals surface area contributed by atoms with Gasteiger partial charge < -0.3 is 15.1 Å². The van der Waals surface area contributed by atoms with Crippen LogP contribution in [0.1, 0.15) is 11.3 Å². The highest BCUT2D eigenvalue weighted by Gasteiger charge is 2.05. The summed E-state index contributed by atoms with van der Waals surface area (Å²) in [6.07, 6.45) is 0. The van der Waals surface area contributed by atoms with Crippen LogP contribution in [0.3, 0.4) is 0 Å². The Balaban J connectivity index is 2.10. The molecule has 0 spiro atoms. The molecule has 0 aliphatic carbocycles. The van der Waals surface area contributed by atoms with Crippen LogP contribution >= 0.6 is 0 Å². The number of anilines is 2. The molecule has 2 aromatic rings. The molecule has 0 atom stereocenters. The van der Waals surface area contributed by atoms with Crippen LogP contribution in [0, 0.1) is 6.92 Å². The maximum atomic E-state index is 5.74. The van der Waals surface area contributed by atoms with Crippen LogP contribution < -0.4 is 10.6 Å². The molecule has 3 nitrogen and oxygen atoms in total. The van der Waals surface area contributed by atoms with E-state index in [9.17, 15) is 0 Å². The van der Waals surface area contributed by atoms with Gasteiger partial charge in [0.05, 0.1) is 0 Å². The van der Waals surface area contributed by atoms with Crippen LogP contribution in [-0.4, -0.2) is 7.05 Å². The fourth-order valence-corrected chi connectivity index (χ4v) is 1.67. The highest BCUT2D eigenvalue weighted by molar-refractivity contribution is 5.43. The largest absolute Gasteiger partial charge is 0.446 e. The van der Waals surface area contributed by atoms with Gasteiger partial charge in [0.1, 0.15) is 5.76 Å². The summed E-state index contributed by atoms with van der Waals surface area (Å²) < 4.78 is 5.54. The topological polar surface area (TPSA) is 42.4 Å². The van der Waals surface area contributed by atoms with Crippen LogP contribution in [0.5, 0.6) is 0 Å². The first-order valence-corrected chi connectivity index (χ1v) is 5.27. The van der Waals surface area contributed by atoms with E-state index in [1.54, 1.807) is 0 Å². The zero-order chi connectivity index (χ0) is 11.5. The molecular formula is C13H16N2O. The molecule has 0 fully saturated rings. The Morgan fingerprint density at radius 2 is 2.06 bits per heavy atom. The second-order valence-electron chi connectivity index (χ2n) is 3.99. The molecule has 0 saturated carbocycles. The predicted octanol–water partition coefficient (Wildman–Crippen LogP) is 2.81. The molecule has 1 aromatic carbocycles. The van der Waals surface area contributed by atoms with Crippen LogP contribution in [0.25, 0.3) is 0 Å². The number of rotatable bonds is 3.